The number of nitriles is 1. The summed E-state index contributed by atoms with van der Waals surface area (Å²) in [5.41, 5.74) is 0.812. The zero-order chi connectivity index (χ0) is 14.3. The predicted molar refractivity (Wildman–Crippen MR) is 69.6 cm³/mol. The second-order valence-electron chi connectivity index (χ2n) is 3.78. The van der Waals surface area contributed by atoms with Crippen molar-refractivity contribution in [2.45, 2.75) is 12.0 Å². The Balaban J connectivity index is 2.72. The number of methoxy groups -OCH3 is 2. The topological polar surface area (TPSA) is 88.4 Å². The molecule has 0 aliphatic rings. The molecule has 0 atom stereocenters. The molecule has 1 rings (SSSR count). The van der Waals surface area contributed by atoms with E-state index in [4.69, 9.17) is 14.7 Å². The van der Waals surface area contributed by atoms with Gasteiger partial charge in [-0.05, 0) is 11.6 Å². The van der Waals surface area contributed by atoms with Crippen LogP contribution in [0.1, 0.15) is 11.1 Å². The van der Waals surface area contributed by atoms with Crippen molar-refractivity contribution < 1.29 is 17.9 Å². The quantitative estimate of drug-likeness (QED) is 0.741. The molecule has 19 heavy (non-hydrogen) atoms. The second-order valence-corrected chi connectivity index (χ2v) is 5.58. The third kappa shape index (κ3) is 4.96. The number of benzene rings is 1. The van der Waals surface area contributed by atoms with Gasteiger partial charge in [-0.15, -0.1) is 0 Å². The average Bonchev–Trinajstić information content (AvgIpc) is 2.40. The van der Waals surface area contributed by atoms with Gasteiger partial charge in [0.05, 0.1) is 23.9 Å². The van der Waals surface area contributed by atoms with E-state index in [2.05, 4.69) is 4.72 Å². The lowest BCUT2D eigenvalue weighted by Crippen LogP contribution is -2.34. The number of rotatable bonds is 7. The Labute approximate surface area is 113 Å². The lowest BCUT2D eigenvalue weighted by Gasteiger charge is -2.14. The number of ether oxygens (including phenoxy) is 2. The zero-order valence-corrected chi connectivity index (χ0v) is 11.6. The first kappa shape index (κ1) is 15.6. The summed E-state index contributed by atoms with van der Waals surface area (Å²) < 4.78 is 35.9. The summed E-state index contributed by atoms with van der Waals surface area (Å²) in [7, 11) is -0.695. The molecule has 0 fully saturated rings. The first-order valence-corrected chi connectivity index (χ1v) is 7.18. The van der Waals surface area contributed by atoms with E-state index in [1.807, 2.05) is 6.07 Å². The van der Waals surface area contributed by atoms with Crippen LogP contribution in [0.2, 0.25) is 0 Å². The molecular weight excluding hydrogens is 268 g/mol. The van der Waals surface area contributed by atoms with Crippen molar-refractivity contribution in [3.63, 3.8) is 0 Å². The summed E-state index contributed by atoms with van der Waals surface area (Å²) >= 11 is 0. The molecule has 0 unspecified atom stereocenters. The van der Waals surface area contributed by atoms with Crippen molar-refractivity contribution >= 4 is 10.0 Å². The van der Waals surface area contributed by atoms with Crippen LogP contribution in [0.3, 0.4) is 0 Å². The van der Waals surface area contributed by atoms with Gasteiger partial charge in [-0.3, -0.25) is 0 Å². The first-order chi connectivity index (χ1) is 9.02. The molecular formula is C12H16N2O4S. The van der Waals surface area contributed by atoms with Crippen LogP contribution < -0.4 is 4.72 Å². The van der Waals surface area contributed by atoms with Crippen LogP contribution in [0.25, 0.3) is 0 Å². The largest absolute Gasteiger partial charge is 0.355 e. The van der Waals surface area contributed by atoms with Crippen molar-refractivity contribution in [1.29, 1.82) is 5.26 Å². The van der Waals surface area contributed by atoms with E-state index < -0.39 is 16.3 Å². The Bertz CT molecular complexity index is 547. The maximum absolute atomic E-state index is 11.9. The molecule has 7 heteroatoms. The van der Waals surface area contributed by atoms with E-state index in [9.17, 15) is 8.42 Å². The highest BCUT2D eigenvalue weighted by Gasteiger charge is 2.16. The lowest BCUT2D eigenvalue weighted by atomic mass is 10.1. The number of sulfonamides is 1. The highest BCUT2D eigenvalue weighted by atomic mass is 32.2. The summed E-state index contributed by atoms with van der Waals surface area (Å²) in [5, 5.41) is 8.90. The minimum absolute atomic E-state index is 0.0179. The van der Waals surface area contributed by atoms with Gasteiger partial charge in [0.2, 0.25) is 10.0 Å². The van der Waals surface area contributed by atoms with E-state index in [1.165, 1.54) is 14.2 Å². The second kappa shape index (κ2) is 7.21. The molecule has 0 heterocycles. The Kier molecular flexibility index (Phi) is 5.92. The third-order valence-corrected chi connectivity index (χ3v) is 3.78. The highest BCUT2D eigenvalue weighted by Crippen LogP contribution is 2.10. The Morgan fingerprint density at radius 3 is 2.53 bits per heavy atom. The van der Waals surface area contributed by atoms with Crippen molar-refractivity contribution in [3.05, 3.63) is 35.4 Å². The molecule has 6 nitrogen and oxygen atoms in total. The van der Waals surface area contributed by atoms with Crippen LogP contribution in [0.15, 0.2) is 24.3 Å². The third-order valence-electron chi connectivity index (χ3n) is 2.48. The van der Waals surface area contributed by atoms with Crippen LogP contribution in [-0.2, 0) is 25.2 Å². The normalized spacial score (nSPS) is 11.5. The molecule has 0 aliphatic carbocycles. The molecule has 1 N–H and O–H groups in total. The van der Waals surface area contributed by atoms with E-state index >= 15 is 0 Å². The smallest absolute Gasteiger partial charge is 0.216 e. The van der Waals surface area contributed by atoms with Gasteiger partial charge in [-0.1, -0.05) is 18.2 Å². The van der Waals surface area contributed by atoms with Gasteiger partial charge in [0.15, 0.2) is 6.29 Å². The summed E-state index contributed by atoms with van der Waals surface area (Å²) in [6.07, 6.45) is -0.638. The minimum Gasteiger partial charge on any atom is -0.355 e. The monoisotopic (exact) mass is 284 g/mol. The van der Waals surface area contributed by atoms with Crippen LogP contribution in [-0.4, -0.2) is 35.5 Å². The van der Waals surface area contributed by atoms with Crippen molar-refractivity contribution in [1.82, 2.24) is 4.72 Å². The van der Waals surface area contributed by atoms with Gasteiger partial charge in [0.25, 0.3) is 0 Å². The molecule has 0 bridgehead atoms. The van der Waals surface area contributed by atoms with Gasteiger partial charge in [-0.2, -0.15) is 5.26 Å². The fourth-order valence-corrected chi connectivity index (χ4v) is 2.62. The Morgan fingerprint density at radius 2 is 1.95 bits per heavy atom. The molecule has 0 saturated heterocycles. The van der Waals surface area contributed by atoms with Crippen LogP contribution in [0.5, 0.6) is 0 Å². The fourth-order valence-electron chi connectivity index (χ4n) is 1.47. The minimum atomic E-state index is -3.54. The standard InChI is InChI=1S/C12H16N2O4S/c1-17-12(18-2)8-14-19(15,16)9-11-6-4-3-5-10(11)7-13/h3-6,12,14H,8-9H2,1-2H3. The Hall–Kier alpha value is -1.46. The molecule has 0 saturated carbocycles. The average molecular weight is 284 g/mol. The van der Waals surface area contributed by atoms with E-state index in [0.29, 0.717) is 11.1 Å². The number of nitrogens with one attached hydrogen (secondary N) is 1. The summed E-state index contributed by atoms with van der Waals surface area (Å²) in [5.74, 6) is -0.253. The van der Waals surface area contributed by atoms with Gasteiger partial charge in [-0.25, -0.2) is 13.1 Å². The summed E-state index contributed by atoms with van der Waals surface area (Å²) in [4.78, 5) is 0. The molecule has 1 aromatic carbocycles. The lowest BCUT2D eigenvalue weighted by molar-refractivity contribution is -0.0960. The van der Waals surface area contributed by atoms with Crippen LogP contribution in [0.4, 0.5) is 0 Å². The number of hydrogen-bond acceptors (Lipinski definition) is 5. The van der Waals surface area contributed by atoms with Crippen LogP contribution >= 0.6 is 0 Å². The number of nitrogens with zero attached hydrogens (tertiary/aromatic N) is 1. The Morgan fingerprint density at radius 1 is 1.32 bits per heavy atom. The van der Waals surface area contributed by atoms with E-state index in [1.54, 1.807) is 24.3 Å². The SMILES string of the molecule is COC(CNS(=O)(=O)Cc1ccccc1C#N)OC. The highest BCUT2D eigenvalue weighted by molar-refractivity contribution is 7.88. The van der Waals surface area contributed by atoms with Crippen molar-refractivity contribution in [3.8, 4) is 6.07 Å². The maximum atomic E-state index is 11.9. The van der Waals surface area contributed by atoms with Crippen molar-refractivity contribution in [2.24, 2.45) is 0 Å². The van der Waals surface area contributed by atoms with E-state index in [0.717, 1.165) is 0 Å². The molecule has 0 aliphatic heterocycles. The summed E-state index contributed by atoms with van der Waals surface area (Å²) in [6.45, 7) is 0.0179. The van der Waals surface area contributed by atoms with Gasteiger partial charge >= 0.3 is 0 Å². The molecule has 1 aromatic rings. The molecule has 0 amide bonds. The van der Waals surface area contributed by atoms with Gasteiger partial charge < -0.3 is 9.47 Å². The van der Waals surface area contributed by atoms with Gasteiger partial charge in [0, 0.05) is 14.2 Å². The maximum Gasteiger partial charge on any atom is 0.216 e. The summed E-state index contributed by atoms with van der Waals surface area (Å²) in [6, 6.07) is 8.54. The van der Waals surface area contributed by atoms with Crippen molar-refractivity contribution in [2.75, 3.05) is 20.8 Å². The molecule has 0 radical (unpaired) electrons. The number of hydrogen-bond donors (Lipinski definition) is 1. The van der Waals surface area contributed by atoms with E-state index in [-0.39, 0.29) is 12.3 Å². The molecule has 104 valence electrons. The predicted octanol–water partition coefficient (Wildman–Crippen LogP) is 0.597. The molecule has 0 spiro atoms. The van der Waals surface area contributed by atoms with Crippen LogP contribution in [0, 0.1) is 11.3 Å². The first-order valence-electron chi connectivity index (χ1n) is 5.53. The molecule has 0 aromatic heterocycles. The van der Waals surface area contributed by atoms with Gasteiger partial charge in [0.1, 0.15) is 0 Å². The fraction of sp³-hybridized carbons (Fsp3) is 0.417. The zero-order valence-electron chi connectivity index (χ0n) is 10.8.